The first-order valence-electron chi connectivity index (χ1n) is 7.89. The summed E-state index contributed by atoms with van der Waals surface area (Å²) >= 11 is 0. The second kappa shape index (κ2) is 14.0. The third-order valence-electron chi connectivity index (χ3n) is 3.96. The molecule has 0 spiro atoms. The van der Waals surface area contributed by atoms with Crippen LogP contribution in [-0.4, -0.2) is 6.54 Å². The van der Waals surface area contributed by atoms with Crippen LogP contribution >= 0.6 is 0 Å². The van der Waals surface area contributed by atoms with Crippen LogP contribution in [0.4, 0.5) is 0 Å². The summed E-state index contributed by atoms with van der Waals surface area (Å²) in [5.74, 6) is 0. The smallest absolute Gasteiger partial charge is 0.677 e. The average Bonchev–Trinajstić information content (AvgIpc) is 2.61. The van der Waals surface area contributed by atoms with Crippen molar-refractivity contribution in [1.29, 1.82) is 0 Å². The van der Waals surface area contributed by atoms with E-state index in [2.05, 4.69) is 40.7 Å². The Labute approximate surface area is 142 Å². The van der Waals surface area contributed by atoms with Gasteiger partial charge in [0, 0.05) is 0 Å². The third kappa shape index (κ3) is 9.85. The number of hydrogen-bond donors (Lipinski definition) is 0. The van der Waals surface area contributed by atoms with Crippen LogP contribution in [0, 0.1) is 27.7 Å². The molecule has 0 aliphatic rings. The van der Waals surface area contributed by atoms with E-state index in [4.69, 9.17) is 5.73 Å². The van der Waals surface area contributed by atoms with Crippen molar-refractivity contribution in [2.24, 2.45) is 0 Å². The molecule has 0 fully saturated rings. The summed E-state index contributed by atoms with van der Waals surface area (Å²) in [4.78, 5) is 0. The van der Waals surface area contributed by atoms with Crippen molar-refractivity contribution in [3.05, 3.63) is 34.1 Å². The fourth-order valence-corrected chi connectivity index (χ4v) is 2.21. The van der Waals surface area contributed by atoms with Gasteiger partial charge in [0.15, 0.2) is 0 Å². The molecule has 0 saturated heterocycles. The summed E-state index contributed by atoms with van der Waals surface area (Å²) in [5.41, 5.74) is 12.7. The Kier molecular flexibility index (Phi) is 15.6. The maximum Gasteiger partial charge on any atom is 2.00 e. The predicted molar refractivity (Wildman–Crippen MR) is 88.2 cm³/mol. The van der Waals surface area contributed by atoms with Crippen LogP contribution in [0.2, 0.25) is 0 Å². The van der Waals surface area contributed by atoms with E-state index in [1.54, 1.807) is 0 Å². The summed E-state index contributed by atoms with van der Waals surface area (Å²) in [6, 6.07) is 2.24. The van der Waals surface area contributed by atoms with E-state index >= 15 is 0 Å². The van der Waals surface area contributed by atoms with E-state index in [9.17, 15) is 0 Å². The number of hydrogen-bond acceptors (Lipinski definition) is 0. The molecule has 114 valence electrons. The normalized spacial score (nSPS) is 9.70. The Morgan fingerprint density at radius 3 is 1.75 bits per heavy atom. The second-order valence-corrected chi connectivity index (χ2v) is 5.63. The zero-order chi connectivity index (χ0) is 14.7. The minimum absolute atomic E-state index is 0. The summed E-state index contributed by atoms with van der Waals surface area (Å²) < 4.78 is 0. The van der Waals surface area contributed by atoms with Crippen molar-refractivity contribution in [3.63, 3.8) is 0 Å². The van der Waals surface area contributed by atoms with Crippen LogP contribution in [0.15, 0.2) is 6.07 Å². The van der Waals surface area contributed by atoms with Gasteiger partial charge in [-0.05, 0) is 0 Å². The van der Waals surface area contributed by atoms with Gasteiger partial charge in [0.25, 0.3) is 0 Å². The van der Waals surface area contributed by atoms with Crippen molar-refractivity contribution < 1.29 is 21.7 Å². The topological polar surface area (TPSA) is 23.8 Å². The van der Waals surface area contributed by atoms with E-state index in [-0.39, 0.29) is 21.7 Å². The maximum absolute atomic E-state index is 6.92. The largest absolute Gasteiger partial charge is 2.00 e. The Morgan fingerprint density at radius 2 is 1.45 bits per heavy atom. The van der Waals surface area contributed by atoms with Crippen molar-refractivity contribution in [1.82, 2.24) is 0 Å². The molecule has 20 heavy (non-hydrogen) atoms. The molecule has 0 saturated carbocycles. The summed E-state index contributed by atoms with van der Waals surface area (Å²) in [6.45, 7) is 11.5. The zero-order valence-corrected chi connectivity index (χ0v) is 15.8. The second-order valence-electron chi connectivity index (χ2n) is 5.63. The molecule has 0 atom stereocenters. The molecule has 1 N–H and O–H groups in total. The van der Waals surface area contributed by atoms with Gasteiger partial charge < -0.3 is 5.73 Å². The molecule has 0 unspecified atom stereocenters. The summed E-state index contributed by atoms with van der Waals surface area (Å²) in [6.07, 6.45) is 9.22. The first-order valence-corrected chi connectivity index (χ1v) is 7.89. The Balaban J connectivity index is 0. The van der Waals surface area contributed by atoms with Crippen LogP contribution in [0.1, 0.15) is 74.1 Å². The van der Waals surface area contributed by atoms with E-state index in [0.29, 0.717) is 6.54 Å². The molecular formula is C18H33NTi. The van der Waals surface area contributed by atoms with Crippen molar-refractivity contribution >= 4 is 0 Å². The molecule has 1 aromatic rings. The van der Waals surface area contributed by atoms with Gasteiger partial charge in [0.1, 0.15) is 0 Å². The van der Waals surface area contributed by atoms with Crippen LogP contribution in [-0.2, 0) is 21.7 Å². The third-order valence-corrected chi connectivity index (χ3v) is 3.96. The SMILES string of the molecule is CCCCCCCCC[NH-].Cc1c[c-](C)c(C)c1C.[Ti+2]. The van der Waals surface area contributed by atoms with Crippen molar-refractivity contribution in [3.8, 4) is 0 Å². The Morgan fingerprint density at radius 1 is 0.950 bits per heavy atom. The standard InChI is InChI=1S/C9H20N.C9H13.Ti/c1-2-3-4-5-6-7-8-9-10;1-6-5-7(2)9(4)8(6)3;/h10H,2-9H2,1H3;5H,1-4H3;/q2*-1;+2. The summed E-state index contributed by atoms with van der Waals surface area (Å²) in [7, 11) is 0. The fraction of sp³-hybridized carbons (Fsp3) is 0.722. The molecule has 1 aromatic carbocycles. The molecule has 1 nitrogen and oxygen atoms in total. The van der Waals surface area contributed by atoms with E-state index in [0.717, 1.165) is 6.42 Å². The Hall–Kier alpha value is 0.0243. The first-order chi connectivity index (χ1) is 9.04. The fourth-order valence-electron chi connectivity index (χ4n) is 2.21. The molecule has 0 bridgehead atoms. The molecule has 0 radical (unpaired) electrons. The molecule has 1 rings (SSSR count). The summed E-state index contributed by atoms with van der Waals surface area (Å²) in [5, 5.41) is 0. The van der Waals surface area contributed by atoms with Crippen LogP contribution in [0.3, 0.4) is 0 Å². The van der Waals surface area contributed by atoms with Gasteiger partial charge in [-0.3, -0.25) is 0 Å². The van der Waals surface area contributed by atoms with Gasteiger partial charge in [-0.2, -0.15) is 34.9 Å². The van der Waals surface area contributed by atoms with Gasteiger partial charge in [0.05, 0.1) is 0 Å². The van der Waals surface area contributed by atoms with Crippen molar-refractivity contribution in [2.45, 2.75) is 79.6 Å². The first kappa shape index (κ1) is 22.3. The average molecular weight is 311 g/mol. The number of aryl methyl sites for hydroxylation is 2. The number of unbranched alkanes of at least 4 members (excludes halogenated alkanes) is 6. The van der Waals surface area contributed by atoms with Gasteiger partial charge >= 0.3 is 21.7 Å². The van der Waals surface area contributed by atoms with Gasteiger partial charge in [-0.25, -0.2) is 0 Å². The molecule has 0 aliphatic heterocycles. The molecule has 0 aromatic heterocycles. The van der Waals surface area contributed by atoms with Gasteiger partial charge in [-0.1, -0.05) is 79.6 Å². The van der Waals surface area contributed by atoms with Crippen molar-refractivity contribution in [2.75, 3.05) is 6.54 Å². The Bertz CT molecular complexity index is 298. The minimum Gasteiger partial charge on any atom is -0.677 e. The number of nitrogens with one attached hydrogen (secondary N) is 1. The van der Waals surface area contributed by atoms with E-state index in [1.165, 1.54) is 60.8 Å². The van der Waals surface area contributed by atoms with Crippen LogP contribution in [0.5, 0.6) is 0 Å². The molecule has 0 aliphatic carbocycles. The monoisotopic (exact) mass is 311 g/mol. The van der Waals surface area contributed by atoms with E-state index in [1.807, 2.05) is 0 Å². The maximum atomic E-state index is 6.92. The quantitative estimate of drug-likeness (QED) is 0.315. The predicted octanol–water partition coefficient (Wildman–Crippen LogP) is 6.43. The zero-order valence-electron chi connectivity index (χ0n) is 14.2. The van der Waals surface area contributed by atoms with E-state index < -0.39 is 0 Å². The molecular weight excluding hydrogens is 278 g/mol. The molecule has 0 heterocycles. The van der Waals surface area contributed by atoms with Crippen LogP contribution in [0.25, 0.3) is 5.73 Å². The van der Waals surface area contributed by atoms with Crippen LogP contribution < -0.4 is 0 Å². The molecule has 2 heteroatoms. The molecule has 0 amide bonds. The number of rotatable bonds is 7. The minimum atomic E-state index is 0. The van der Waals surface area contributed by atoms with Gasteiger partial charge in [0.2, 0.25) is 0 Å². The van der Waals surface area contributed by atoms with Gasteiger partial charge in [-0.15, -0.1) is 0 Å².